The fourth-order valence-electron chi connectivity index (χ4n) is 5.94. The molecule has 0 aliphatic heterocycles. The molecule has 0 spiro atoms. The molecule has 3 aromatic rings. The normalized spacial score (nSPS) is 24.1. The van der Waals surface area contributed by atoms with E-state index >= 15 is 0 Å². The number of hydrogen-bond acceptors (Lipinski definition) is 6. The molecule has 9 nitrogen and oxygen atoms in total. The maximum atomic E-state index is 13.4. The van der Waals surface area contributed by atoms with E-state index in [2.05, 4.69) is 43.0 Å². The molecule has 0 amide bonds. The van der Waals surface area contributed by atoms with Gasteiger partial charge in [-0.25, -0.2) is 14.6 Å². The van der Waals surface area contributed by atoms with E-state index in [1.54, 1.807) is 17.8 Å². The van der Waals surface area contributed by atoms with Crippen LogP contribution in [0.3, 0.4) is 0 Å². The van der Waals surface area contributed by atoms with E-state index < -0.39 is 5.97 Å². The molecule has 9 heteroatoms. The molecule has 2 atom stereocenters. The van der Waals surface area contributed by atoms with Crippen LogP contribution >= 0.6 is 0 Å². The Morgan fingerprint density at radius 1 is 1.26 bits per heavy atom. The number of fused-ring (bicyclic) bond motifs is 1. The Morgan fingerprint density at radius 2 is 2.00 bits per heavy atom. The minimum atomic E-state index is -0.492. The van der Waals surface area contributed by atoms with Crippen molar-refractivity contribution in [1.82, 2.24) is 14.6 Å². The van der Waals surface area contributed by atoms with E-state index in [0.29, 0.717) is 29.9 Å². The summed E-state index contributed by atoms with van der Waals surface area (Å²) in [7, 11) is 1.63. The number of carbonyl (C=O) groups excluding carboxylic acids is 1. The van der Waals surface area contributed by atoms with Gasteiger partial charge in [0.15, 0.2) is 11.5 Å². The van der Waals surface area contributed by atoms with Gasteiger partial charge >= 0.3 is 5.97 Å². The summed E-state index contributed by atoms with van der Waals surface area (Å²) in [6, 6.07) is 5.71. The highest BCUT2D eigenvalue weighted by Crippen LogP contribution is 2.42. The first-order valence-electron chi connectivity index (χ1n) is 13.5. The summed E-state index contributed by atoms with van der Waals surface area (Å²) >= 11 is 0. The summed E-state index contributed by atoms with van der Waals surface area (Å²) in [6.07, 6.45) is 6.65. The molecular formula is C29H37N5O4. The van der Waals surface area contributed by atoms with E-state index in [9.17, 15) is 4.79 Å². The maximum absolute atomic E-state index is 13.4. The number of H-pyrrole nitrogens is 1. The summed E-state index contributed by atoms with van der Waals surface area (Å²) in [5.41, 5.74) is 2.41. The number of hydrogen-bond donors (Lipinski definition) is 2. The molecule has 2 aliphatic rings. The molecule has 2 unspecified atom stereocenters. The van der Waals surface area contributed by atoms with Crippen LogP contribution in [0.5, 0.6) is 5.75 Å². The highest BCUT2D eigenvalue weighted by molar-refractivity contribution is 6.03. The number of rotatable bonds is 9. The summed E-state index contributed by atoms with van der Waals surface area (Å²) in [4.78, 5) is 21.7. The Labute approximate surface area is 223 Å². The van der Waals surface area contributed by atoms with Crippen molar-refractivity contribution in [2.75, 3.05) is 19.2 Å². The molecule has 2 heterocycles. The van der Waals surface area contributed by atoms with Gasteiger partial charge in [0, 0.05) is 11.8 Å². The predicted octanol–water partition coefficient (Wildman–Crippen LogP) is 6.44. The summed E-state index contributed by atoms with van der Waals surface area (Å²) in [5.74, 6) is 1.92. The zero-order chi connectivity index (χ0) is 27.0. The van der Waals surface area contributed by atoms with Gasteiger partial charge in [0.2, 0.25) is 5.69 Å². The zero-order valence-electron chi connectivity index (χ0n) is 22.8. The first kappa shape index (κ1) is 26.1. The molecule has 2 aliphatic carbocycles. The van der Waals surface area contributed by atoms with Gasteiger partial charge < -0.3 is 19.5 Å². The van der Waals surface area contributed by atoms with Crippen molar-refractivity contribution in [2.45, 2.75) is 71.5 Å². The molecule has 0 radical (unpaired) electrons. The Kier molecular flexibility index (Phi) is 7.10. The largest absolute Gasteiger partial charge is 0.495 e. The van der Waals surface area contributed by atoms with Gasteiger partial charge in [0.25, 0.3) is 0 Å². The molecule has 2 N–H and O–H groups in total. The lowest BCUT2D eigenvalue weighted by Gasteiger charge is -2.37. The number of aromatic nitrogens is 3. The topological polar surface area (TPSA) is 94.2 Å². The lowest BCUT2D eigenvalue weighted by molar-refractivity contribution is -0.0249. The predicted molar refractivity (Wildman–Crippen MR) is 146 cm³/mol. The number of ether oxygens (including phenoxy) is 3. The number of nitrogens with one attached hydrogen (secondary N) is 2. The van der Waals surface area contributed by atoms with Crippen molar-refractivity contribution in [3.8, 4) is 17.1 Å². The molecule has 5 rings (SSSR count). The van der Waals surface area contributed by atoms with Gasteiger partial charge in [0.1, 0.15) is 24.1 Å². The van der Waals surface area contributed by atoms with Gasteiger partial charge in [-0.2, -0.15) is 0 Å². The molecule has 38 heavy (non-hydrogen) atoms. The average molecular weight is 520 g/mol. The van der Waals surface area contributed by atoms with Crippen LogP contribution in [0.4, 0.5) is 11.4 Å². The van der Waals surface area contributed by atoms with Gasteiger partial charge in [-0.1, -0.05) is 27.7 Å². The quantitative estimate of drug-likeness (QED) is 0.192. The number of anilines is 1. The van der Waals surface area contributed by atoms with E-state index in [1.807, 2.05) is 18.2 Å². The van der Waals surface area contributed by atoms with Crippen LogP contribution in [0.1, 0.15) is 70.2 Å². The van der Waals surface area contributed by atoms with E-state index in [1.165, 1.54) is 0 Å². The molecule has 0 saturated heterocycles. The van der Waals surface area contributed by atoms with Gasteiger partial charge in [-0.05, 0) is 68.1 Å². The number of esters is 1. The standard InChI is InChI=1S/C29H37N5O4/c1-7-29(10-11-29)37-16-31-21-14-20(8-9-23(21)36-6)26-32-27-24(22(30-5)15-34(27)33-26)28(35)38-25-18(3)12-17(2)13-19(25)4/h8-9,14-15,17-19,25,31H,7,10-13,16H2,1-4,6H3,(H,32,33). The molecule has 202 valence electrons. The number of nitrogens with zero attached hydrogens (tertiary/aromatic N) is 3. The summed E-state index contributed by atoms with van der Waals surface area (Å²) in [6.45, 7) is 16.7. The second-order valence-electron chi connectivity index (χ2n) is 11.1. The lowest BCUT2D eigenvalue weighted by Crippen LogP contribution is -2.37. The SMILES string of the molecule is [C-]#[N+]c1cn2[nH]c(-c3ccc(OC)c(NCOC4(CC)CC4)c3)nc2c1C(=O)OC1C(C)CC(C)CC1C. The molecule has 1 aromatic carbocycles. The maximum Gasteiger partial charge on any atom is 0.331 e. The number of aromatic amines is 1. The zero-order valence-corrected chi connectivity index (χ0v) is 22.8. The van der Waals surface area contributed by atoms with Crippen molar-refractivity contribution >= 4 is 23.0 Å². The molecule has 2 saturated carbocycles. The van der Waals surface area contributed by atoms with Crippen LogP contribution in [-0.2, 0) is 9.47 Å². The van der Waals surface area contributed by atoms with Gasteiger partial charge in [-0.15, -0.1) is 0 Å². The third kappa shape index (κ3) is 4.97. The third-order valence-corrected chi connectivity index (χ3v) is 8.21. The first-order valence-corrected chi connectivity index (χ1v) is 13.5. The fraction of sp³-hybridized carbons (Fsp3) is 0.552. The average Bonchev–Trinajstić information content (AvgIpc) is 3.42. The van der Waals surface area contributed by atoms with Crippen LogP contribution in [0.25, 0.3) is 21.9 Å². The first-order chi connectivity index (χ1) is 18.3. The monoisotopic (exact) mass is 519 g/mol. The summed E-state index contributed by atoms with van der Waals surface area (Å²) in [5, 5.41) is 6.54. The highest BCUT2D eigenvalue weighted by atomic mass is 16.5. The minimum Gasteiger partial charge on any atom is -0.495 e. The van der Waals surface area contributed by atoms with E-state index in [-0.39, 0.29) is 34.8 Å². The Hall–Kier alpha value is -3.51. The van der Waals surface area contributed by atoms with Gasteiger partial charge in [-0.3, -0.25) is 9.61 Å². The molecule has 0 bridgehead atoms. The van der Waals surface area contributed by atoms with Crippen molar-refractivity contribution in [1.29, 1.82) is 0 Å². The number of benzene rings is 1. The fourth-order valence-corrected chi connectivity index (χ4v) is 5.94. The smallest absolute Gasteiger partial charge is 0.331 e. The van der Waals surface area contributed by atoms with Crippen LogP contribution in [0.2, 0.25) is 0 Å². The van der Waals surface area contributed by atoms with Gasteiger partial charge in [0.05, 0.1) is 25.0 Å². The van der Waals surface area contributed by atoms with Crippen LogP contribution in [0.15, 0.2) is 24.4 Å². The van der Waals surface area contributed by atoms with Crippen molar-refractivity contribution in [2.24, 2.45) is 17.8 Å². The Bertz CT molecular complexity index is 1350. The number of carbonyl (C=O) groups is 1. The van der Waals surface area contributed by atoms with Crippen molar-refractivity contribution < 1.29 is 19.0 Å². The highest BCUT2D eigenvalue weighted by Gasteiger charge is 2.42. The van der Waals surface area contributed by atoms with Crippen molar-refractivity contribution in [3.05, 3.63) is 41.4 Å². The van der Waals surface area contributed by atoms with E-state index in [0.717, 1.165) is 43.4 Å². The van der Waals surface area contributed by atoms with Crippen LogP contribution < -0.4 is 10.1 Å². The Balaban J connectivity index is 1.40. The van der Waals surface area contributed by atoms with Crippen LogP contribution in [-0.4, -0.2) is 46.1 Å². The molecule has 2 fully saturated rings. The summed E-state index contributed by atoms with van der Waals surface area (Å²) < 4.78 is 19.2. The Morgan fingerprint density at radius 3 is 2.63 bits per heavy atom. The second-order valence-corrected chi connectivity index (χ2v) is 11.1. The van der Waals surface area contributed by atoms with Crippen molar-refractivity contribution in [3.63, 3.8) is 0 Å². The minimum absolute atomic E-state index is 0.00947. The third-order valence-electron chi connectivity index (χ3n) is 8.21. The molecule has 2 aromatic heterocycles. The number of methoxy groups -OCH3 is 1. The molecular weight excluding hydrogens is 482 g/mol. The van der Waals surface area contributed by atoms with Crippen LogP contribution in [0, 0.1) is 24.3 Å². The lowest BCUT2D eigenvalue weighted by atomic mass is 9.75. The van der Waals surface area contributed by atoms with E-state index in [4.69, 9.17) is 25.8 Å². The second kappa shape index (κ2) is 10.3.